The Balaban J connectivity index is -0.0000000480. The number of rotatable bonds is 0. The van der Waals surface area contributed by atoms with Crippen LogP contribution in [0.3, 0.4) is 0 Å². The second-order valence-electron chi connectivity index (χ2n) is 0.947. The van der Waals surface area contributed by atoms with Crippen molar-refractivity contribution in [2.45, 2.75) is 13.8 Å². The van der Waals surface area contributed by atoms with Gasteiger partial charge in [0.25, 0.3) is 0 Å². The second-order valence-corrected chi connectivity index (χ2v) is 0.947. The number of hydrogen-bond donors (Lipinski definition) is 3. The summed E-state index contributed by atoms with van der Waals surface area (Å²) in [4.78, 5) is 0. The van der Waals surface area contributed by atoms with E-state index >= 15 is 0 Å². The van der Waals surface area contributed by atoms with Crippen LogP contribution in [0.25, 0.3) is 0 Å². The van der Waals surface area contributed by atoms with Crippen molar-refractivity contribution in [3.8, 4) is 0 Å². The third-order valence-corrected chi connectivity index (χ3v) is 0. The Bertz CT molecular complexity index is 14.9. The summed E-state index contributed by atoms with van der Waals surface area (Å²) in [5.74, 6) is 0. The van der Waals surface area contributed by atoms with Gasteiger partial charge >= 0.3 is 0 Å². The van der Waals surface area contributed by atoms with Crippen LogP contribution in [0.4, 0.5) is 0 Å². The maximum Gasteiger partial charge on any atom is 0 e. The maximum absolute atomic E-state index is 7.97. The van der Waals surface area contributed by atoms with Gasteiger partial charge in [-0.2, -0.15) is 13.8 Å². The summed E-state index contributed by atoms with van der Waals surface area (Å²) < 4.78 is 0. The SMILES string of the molecule is C[C-](C)O.OO.[V]. The molecule has 0 atom stereocenters. The molecule has 0 aromatic heterocycles. The molecule has 1 radical (unpaired) electrons. The van der Waals surface area contributed by atoms with Crippen LogP contribution < -0.4 is 0 Å². The first-order valence-electron chi connectivity index (χ1n) is 1.42. The zero-order valence-electron chi connectivity index (χ0n) is 4.29. The molecule has 0 saturated heterocycles. The number of aliphatic hydroxyl groups is 1. The normalized spacial score (nSPS) is 6.00. The van der Waals surface area contributed by atoms with Crippen LogP contribution in [0, 0.1) is 6.10 Å². The van der Waals surface area contributed by atoms with E-state index in [0.29, 0.717) is 6.10 Å². The van der Waals surface area contributed by atoms with Crippen molar-refractivity contribution in [2.75, 3.05) is 0 Å². The molecular formula is C3H9O3V-. The first-order chi connectivity index (χ1) is 2.73. The van der Waals surface area contributed by atoms with Gasteiger partial charge in [0.2, 0.25) is 0 Å². The van der Waals surface area contributed by atoms with E-state index in [4.69, 9.17) is 15.6 Å². The molecule has 0 aliphatic carbocycles. The van der Waals surface area contributed by atoms with E-state index in [0.717, 1.165) is 0 Å². The fourth-order valence-electron chi connectivity index (χ4n) is 0. The van der Waals surface area contributed by atoms with Gasteiger partial charge in [-0.3, -0.25) is 10.5 Å². The topological polar surface area (TPSA) is 60.7 Å². The predicted octanol–water partition coefficient (Wildman–Crippen LogP) is 0.946. The van der Waals surface area contributed by atoms with Gasteiger partial charge in [-0.15, -0.1) is 0 Å². The summed E-state index contributed by atoms with van der Waals surface area (Å²) in [5, 5.41) is 20.0. The van der Waals surface area contributed by atoms with Crippen LogP contribution in [0.1, 0.15) is 13.8 Å². The molecule has 3 N–H and O–H groups in total. The van der Waals surface area contributed by atoms with Crippen molar-refractivity contribution in [2.24, 2.45) is 0 Å². The van der Waals surface area contributed by atoms with E-state index in [-0.39, 0.29) is 18.6 Å². The van der Waals surface area contributed by atoms with Crippen LogP contribution in [0.15, 0.2) is 0 Å². The molecule has 3 nitrogen and oxygen atoms in total. The molecule has 0 aliphatic rings. The maximum atomic E-state index is 7.97. The predicted molar refractivity (Wildman–Crippen MR) is 21.8 cm³/mol. The quantitative estimate of drug-likeness (QED) is 0.269. The van der Waals surface area contributed by atoms with Crippen molar-refractivity contribution in [3.63, 3.8) is 0 Å². The minimum Gasteiger partial charge on any atom is -0.563 e. The summed E-state index contributed by atoms with van der Waals surface area (Å²) in [6.45, 7) is 3.28. The van der Waals surface area contributed by atoms with Gasteiger partial charge in [0.15, 0.2) is 0 Å². The van der Waals surface area contributed by atoms with Gasteiger partial charge in [-0.25, -0.2) is 6.10 Å². The van der Waals surface area contributed by atoms with Crippen LogP contribution in [0.2, 0.25) is 0 Å². The first-order valence-corrected chi connectivity index (χ1v) is 1.42. The zero-order chi connectivity index (χ0) is 5.58. The molecule has 45 valence electrons. The molecule has 0 amide bonds. The van der Waals surface area contributed by atoms with Crippen LogP contribution in [-0.4, -0.2) is 15.6 Å². The van der Waals surface area contributed by atoms with Crippen molar-refractivity contribution in [1.29, 1.82) is 0 Å². The van der Waals surface area contributed by atoms with Crippen molar-refractivity contribution < 1.29 is 34.2 Å². The van der Waals surface area contributed by atoms with Crippen LogP contribution in [0.5, 0.6) is 0 Å². The van der Waals surface area contributed by atoms with Gasteiger partial charge in [0, 0.05) is 18.6 Å². The van der Waals surface area contributed by atoms with Gasteiger partial charge in [0.05, 0.1) is 0 Å². The summed E-state index contributed by atoms with van der Waals surface area (Å²) in [6.07, 6.45) is 0.417. The third kappa shape index (κ3) is 597. The summed E-state index contributed by atoms with van der Waals surface area (Å²) in [7, 11) is 0. The van der Waals surface area contributed by atoms with Gasteiger partial charge in [-0.1, -0.05) is 0 Å². The van der Waals surface area contributed by atoms with Crippen LogP contribution >= 0.6 is 0 Å². The Labute approximate surface area is 54.8 Å². The number of aliphatic hydroxyl groups excluding tert-OH is 1. The first kappa shape index (κ1) is 15.7. The van der Waals surface area contributed by atoms with Gasteiger partial charge in [-0.05, 0) is 0 Å². The molecule has 0 aromatic carbocycles. The summed E-state index contributed by atoms with van der Waals surface area (Å²) in [6, 6.07) is 0. The van der Waals surface area contributed by atoms with Crippen LogP contribution in [-0.2, 0) is 18.6 Å². The Morgan fingerprint density at radius 1 is 1.14 bits per heavy atom. The largest absolute Gasteiger partial charge is 0.563 e. The smallest absolute Gasteiger partial charge is 0 e. The van der Waals surface area contributed by atoms with Crippen molar-refractivity contribution in [3.05, 3.63) is 6.10 Å². The average Bonchev–Trinajstić information content (AvgIpc) is 1.41. The molecule has 0 unspecified atom stereocenters. The van der Waals surface area contributed by atoms with E-state index in [1.54, 1.807) is 13.8 Å². The van der Waals surface area contributed by atoms with E-state index < -0.39 is 0 Å². The molecule has 0 fully saturated rings. The Hall–Kier alpha value is 0.464. The molecule has 0 saturated carbocycles. The van der Waals surface area contributed by atoms with Crippen molar-refractivity contribution >= 4 is 0 Å². The number of hydrogen-bond acceptors (Lipinski definition) is 3. The molecule has 0 aromatic rings. The Morgan fingerprint density at radius 3 is 1.14 bits per heavy atom. The van der Waals surface area contributed by atoms with Gasteiger partial charge in [0.1, 0.15) is 0 Å². The Morgan fingerprint density at radius 2 is 1.14 bits per heavy atom. The molecule has 0 bridgehead atoms. The summed E-state index contributed by atoms with van der Waals surface area (Å²) in [5.41, 5.74) is 0. The molecule has 0 heterocycles. The second kappa shape index (κ2) is 16.1. The van der Waals surface area contributed by atoms with Crippen molar-refractivity contribution in [1.82, 2.24) is 0 Å². The van der Waals surface area contributed by atoms with Gasteiger partial charge < -0.3 is 5.11 Å². The third-order valence-electron chi connectivity index (χ3n) is 0. The zero-order valence-corrected chi connectivity index (χ0v) is 5.69. The van der Waals surface area contributed by atoms with E-state index in [2.05, 4.69) is 0 Å². The average molecular weight is 144 g/mol. The molecule has 0 spiro atoms. The molecule has 0 aliphatic heterocycles. The molecule has 4 heteroatoms. The molecule has 7 heavy (non-hydrogen) atoms. The molecular weight excluding hydrogens is 135 g/mol. The minimum absolute atomic E-state index is 0. The fraction of sp³-hybridized carbons (Fsp3) is 0.667. The standard InChI is InChI=1S/C3H7O.H2O2.V/c1-3(2)4;1-2;/h4H,1-2H3;1-2H;/q-1;;. The van der Waals surface area contributed by atoms with E-state index in [1.165, 1.54) is 0 Å². The summed E-state index contributed by atoms with van der Waals surface area (Å²) >= 11 is 0. The van der Waals surface area contributed by atoms with E-state index in [9.17, 15) is 0 Å². The van der Waals surface area contributed by atoms with E-state index in [1.807, 2.05) is 0 Å². The monoisotopic (exact) mass is 144 g/mol. The minimum atomic E-state index is 0. The fourth-order valence-corrected chi connectivity index (χ4v) is 0. The molecule has 0 rings (SSSR count). The Kier molecular flexibility index (Phi) is 36.0.